The highest BCUT2D eigenvalue weighted by atomic mass is 16.5. The summed E-state index contributed by atoms with van der Waals surface area (Å²) in [5.74, 6) is 0.784. The van der Waals surface area contributed by atoms with Crippen LogP contribution in [0.2, 0.25) is 0 Å². The third kappa shape index (κ3) is 4.21. The zero-order chi connectivity index (χ0) is 13.5. The molecule has 0 heterocycles. The molecule has 4 N–H and O–H groups in total. The van der Waals surface area contributed by atoms with E-state index in [1.54, 1.807) is 12.1 Å². The molecule has 2 aromatic rings. The topological polar surface area (TPSA) is 61.3 Å². The molecule has 0 radical (unpaired) electrons. The zero-order valence-corrected chi connectivity index (χ0v) is 11.0. The summed E-state index contributed by atoms with van der Waals surface area (Å²) < 4.78 is 5.64. The molecule has 0 unspecified atom stereocenters. The summed E-state index contributed by atoms with van der Waals surface area (Å²) >= 11 is 0. The van der Waals surface area contributed by atoms with Gasteiger partial charge >= 0.3 is 0 Å². The van der Waals surface area contributed by atoms with Gasteiger partial charge in [-0.25, -0.2) is 0 Å². The molecule has 3 heteroatoms. The number of ether oxygens (including phenoxy) is 1. The van der Waals surface area contributed by atoms with Crippen LogP contribution in [-0.2, 0) is 6.42 Å². The number of anilines is 2. The Morgan fingerprint density at radius 2 is 1.63 bits per heavy atom. The van der Waals surface area contributed by atoms with Crippen LogP contribution < -0.4 is 16.2 Å². The van der Waals surface area contributed by atoms with Crippen molar-refractivity contribution in [2.75, 3.05) is 18.1 Å². The minimum absolute atomic E-state index is 0.571. The Kier molecular flexibility index (Phi) is 4.67. The lowest BCUT2D eigenvalue weighted by Gasteiger charge is -2.08. The van der Waals surface area contributed by atoms with Crippen LogP contribution in [0.4, 0.5) is 11.4 Å². The number of aryl methyl sites for hydroxylation is 1. The van der Waals surface area contributed by atoms with E-state index in [1.165, 1.54) is 5.56 Å². The number of nitrogen functional groups attached to an aromatic ring is 2. The van der Waals surface area contributed by atoms with E-state index in [0.29, 0.717) is 18.0 Å². The van der Waals surface area contributed by atoms with Gasteiger partial charge in [0.15, 0.2) is 0 Å². The van der Waals surface area contributed by atoms with Gasteiger partial charge in [0.25, 0.3) is 0 Å². The maximum absolute atomic E-state index is 5.72. The second kappa shape index (κ2) is 6.69. The molecular formula is C16H20N2O. The minimum Gasteiger partial charge on any atom is -0.494 e. The fraction of sp³-hybridized carbons (Fsp3) is 0.250. The highest BCUT2D eigenvalue weighted by molar-refractivity contribution is 5.65. The maximum atomic E-state index is 5.72. The van der Waals surface area contributed by atoms with E-state index in [4.69, 9.17) is 16.2 Å². The molecule has 2 rings (SSSR count). The Hall–Kier alpha value is -2.16. The molecule has 0 aliphatic rings. The Morgan fingerprint density at radius 3 is 2.37 bits per heavy atom. The van der Waals surface area contributed by atoms with Crippen LogP contribution >= 0.6 is 0 Å². The molecule has 0 bridgehead atoms. The Balaban J connectivity index is 1.68. The average molecular weight is 256 g/mol. The molecule has 0 saturated carbocycles. The largest absolute Gasteiger partial charge is 0.494 e. The van der Waals surface area contributed by atoms with E-state index < -0.39 is 0 Å². The lowest BCUT2D eigenvalue weighted by molar-refractivity contribution is 0.307. The predicted octanol–water partition coefficient (Wildman–Crippen LogP) is 3.25. The van der Waals surface area contributed by atoms with Gasteiger partial charge < -0.3 is 16.2 Å². The molecule has 0 fully saturated rings. The van der Waals surface area contributed by atoms with Crippen molar-refractivity contribution < 1.29 is 4.74 Å². The summed E-state index contributed by atoms with van der Waals surface area (Å²) in [6, 6.07) is 15.9. The average Bonchev–Trinajstić information content (AvgIpc) is 2.43. The van der Waals surface area contributed by atoms with Crippen molar-refractivity contribution >= 4 is 11.4 Å². The number of rotatable bonds is 6. The zero-order valence-electron chi connectivity index (χ0n) is 11.0. The lowest BCUT2D eigenvalue weighted by Crippen LogP contribution is -2.00. The molecule has 0 aliphatic heterocycles. The van der Waals surface area contributed by atoms with Gasteiger partial charge in [0.05, 0.1) is 18.0 Å². The van der Waals surface area contributed by atoms with Crippen molar-refractivity contribution in [2.45, 2.75) is 19.3 Å². The molecule has 19 heavy (non-hydrogen) atoms. The van der Waals surface area contributed by atoms with Crippen LogP contribution in [0.5, 0.6) is 5.75 Å². The molecule has 0 aliphatic carbocycles. The van der Waals surface area contributed by atoms with Crippen LogP contribution in [0.1, 0.15) is 18.4 Å². The van der Waals surface area contributed by atoms with Crippen molar-refractivity contribution in [3.63, 3.8) is 0 Å². The van der Waals surface area contributed by atoms with E-state index in [0.717, 1.165) is 25.0 Å². The molecule has 0 atom stereocenters. The maximum Gasteiger partial charge on any atom is 0.121 e. The molecule has 2 aromatic carbocycles. The number of hydrogen-bond donors (Lipinski definition) is 2. The first kappa shape index (κ1) is 13.3. The van der Waals surface area contributed by atoms with Crippen LogP contribution in [0, 0.1) is 0 Å². The highest BCUT2D eigenvalue weighted by Crippen LogP contribution is 2.21. The number of unbranched alkanes of at least 4 members (excludes halogenated alkanes) is 1. The van der Waals surface area contributed by atoms with Gasteiger partial charge in [-0.3, -0.25) is 0 Å². The predicted molar refractivity (Wildman–Crippen MR) is 80.1 cm³/mol. The van der Waals surface area contributed by atoms with Gasteiger partial charge in [0.2, 0.25) is 0 Å². The quantitative estimate of drug-likeness (QED) is 0.616. The van der Waals surface area contributed by atoms with E-state index in [1.807, 2.05) is 12.1 Å². The van der Waals surface area contributed by atoms with Crippen LogP contribution in [0.3, 0.4) is 0 Å². The van der Waals surface area contributed by atoms with Gasteiger partial charge in [-0.2, -0.15) is 0 Å². The lowest BCUT2D eigenvalue weighted by atomic mass is 10.1. The van der Waals surface area contributed by atoms with E-state index in [2.05, 4.69) is 24.3 Å². The van der Waals surface area contributed by atoms with Crippen molar-refractivity contribution in [1.82, 2.24) is 0 Å². The SMILES string of the molecule is Nc1ccc(OCCCCc2ccccc2)cc1N. The first-order valence-electron chi connectivity index (χ1n) is 6.57. The molecule has 100 valence electrons. The molecule has 0 spiro atoms. The first-order valence-corrected chi connectivity index (χ1v) is 6.57. The van der Waals surface area contributed by atoms with Gasteiger partial charge in [-0.05, 0) is 37.0 Å². The minimum atomic E-state index is 0.571. The monoisotopic (exact) mass is 256 g/mol. The van der Waals surface area contributed by atoms with E-state index in [9.17, 15) is 0 Å². The van der Waals surface area contributed by atoms with Gasteiger partial charge in [0, 0.05) is 6.07 Å². The second-order valence-corrected chi connectivity index (χ2v) is 4.58. The standard InChI is InChI=1S/C16H20N2O/c17-15-10-9-14(12-16(15)18)19-11-5-4-8-13-6-2-1-3-7-13/h1-3,6-7,9-10,12H,4-5,8,11,17-18H2. The molecule has 0 aromatic heterocycles. The Morgan fingerprint density at radius 1 is 0.842 bits per heavy atom. The Bertz CT molecular complexity index is 511. The third-order valence-corrected chi connectivity index (χ3v) is 3.03. The van der Waals surface area contributed by atoms with Crippen LogP contribution in [0.15, 0.2) is 48.5 Å². The third-order valence-electron chi connectivity index (χ3n) is 3.03. The van der Waals surface area contributed by atoms with Gasteiger partial charge in [-0.15, -0.1) is 0 Å². The van der Waals surface area contributed by atoms with E-state index in [-0.39, 0.29) is 0 Å². The number of nitrogens with two attached hydrogens (primary N) is 2. The number of hydrogen-bond acceptors (Lipinski definition) is 3. The number of benzene rings is 2. The van der Waals surface area contributed by atoms with Crippen LogP contribution in [-0.4, -0.2) is 6.61 Å². The summed E-state index contributed by atoms with van der Waals surface area (Å²) in [5, 5.41) is 0. The highest BCUT2D eigenvalue weighted by Gasteiger charge is 1.98. The fourth-order valence-corrected chi connectivity index (χ4v) is 1.91. The first-order chi connectivity index (χ1) is 9.25. The summed E-state index contributed by atoms with van der Waals surface area (Å²) in [5.41, 5.74) is 13.9. The summed E-state index contributed by atoms with van der Waals surface area (Å²) in [6.07, 6.45) is 3.24. The smallest absolute Gasteiger partial charge is 0.121 e. The van der Waals surface area contributed by atoms with Crippen molar-refractivity contribution in [2.24, 2.45) is 0 Å². The van der Waals surface area contributed by atoms with Crippen molar-refractivity contribution in [1.29, 1.82) is 0 Å². The van der Waals surface area contributed by atoms with Gasteiger partial charge in [-0.1, -0.05) is 30.3 Å². The van der Waals surface area contributed by atoms with Crippen LogP contribution in [0.25, 0.3) is 0 Å². The molecule has 3 nitrogen and oxygen atoms in total. The van der Waals surface area contributed by atoms with Gasteiger partial charge in [0.1, 0.15) is 5.75 Å². The summed E-state index contributed by atoms with van der Waals surface area (Å²) in [7, 11) is 0. The Labute approximate surface area is 114 Å². The second-order valence-electron chi connectivity index (χ2n) is 4.58. The molecule has 0 saturated heterocycles. The van der Waals surface area contributed by atoms with Crippen molar-refractivity contribution in [3.05, 3.63) is 54.1 Å². The molecular weight excluding hydrogens is 236 g/mol. The summed E-state index contributed by atoms with van der Waals surface area (Å²) in [4.78, 5) is 0. The fourth-order valence-electron chi connectivity index (χ4n) is 1.91. The van der Waals surface area contributed by atoms with E-state index >= 15 is 0 Å². The van der Waals surface area contributed by atoms with Crippen molar-refractivity contribution in [3.8, 4) is 5.75 Å². The molecule has 0 amide bonds. The normalized spacial score (nSPS) is 10.3. The summed E-state index contributed by atoms with van der Waals surface area (Å²) in [6.45, 7) is 0.705.